The van der Waals surface area contributed by atoms with Crippen molar-refractivity contribution in [3.63, 3.8) is 0 Å². The fourth-order valence-electron chi connectivity index (χ4n) is 2.63. The van der Waals surface area contributed by atoms with Crippen molar-refractivity contribution in [2.75, 3.05) is 6.54 Å². The number of nitriles is 1. The van der Waals surface area contributed by atoms with E-state index in [0.717, 1.165) is 10.2 Å². The lowest BCUT2D eigenvalue weighted by molar-refractivity contribution is -0.142. The predicted molar refractivity (Wildman–Crippen MR) is 98.0 cm³/mol. The molecule has 10 heteroatoms. The molecule has 2 N–H and O–H groups in total. The Morgan fingerprint density at radius 2 is 1.90 bits per heavy atom. The highest BCUT2D eigenvalue weighted by molar-refractivity contribution is 5.66. The van der Waals surface area contributed by atoms with Gasteiger partial charge in [-0.2, -0.15) is 23.5 Å². The fraction of sp³-hybridized carbons (Fsp3) is 0.263. The van der Waals surface area contributed by atoms with Gasteiger partial charge in [-0.25, -0.2) is 9.97 Å². The molecule has 2 heterocycles. The van der Waals surface area contributed by atoms with Gasteiger partial charge in [-0.3, -0.25) is 4.68 Å². The molecule has 7 nitrogen and oxygen atoms in total. The predicted octanol–water partition coefficient (Wildman–Crippen LogP) is 3.38. The summed E-state index contributed by atoms with van der Waals surface area (Å²) in [7, 11) is 0. The second-order valence-electron chi connectivity index (χ2n) is 6.25. The molecule has 2 aromatic heterocycles. The van der Waals surface area contributed by atoms with Crippen molar-refractivity contribution >= 4 is 0 Å². The van der Waals surface area contributed by atoms with Crippen LogP contribution in [0.1, 0.15) is 16.8 Å². The zero-order valence-electron chi connectivity index (χ0n) is 15.4. The summed E-state index contributed by atoms with van der Waals surface area (Å²) in [5, 5.41) is 12.9. The Bertz CT molecular complexity index is 1040. The highest BCUT2D eigenvalue weighted by Crippen LogP contribution is 2.34. The minimum Gasteiger partial charge on any atom is -0.453 e. The molecule has 0 aliphatic carbocycles. The van der Waals surface area contributed by atoms with Gasteiger partial charge in [-0.05, 0) is 43.7 Å². The molecule has 0 aliphatic heterocycles. The number of ether oxygens (including phenoxy) is 1. The molecule has 0 spiro atoms. The number of alkyl halides is 3. The molecule has 0 aliphatic rings. The maximum atomic E-state index is 12.7. The number of hydrogen-bond donors (Lipinski definition) is 1. The van der Waals surface area contributed by atoms with Gasteiger partial charge in [0.15, 0.2) is 11.6 Å². The van der Waals surface area contributed by atoms with Crippen LogP contribution in [0, 0.1) is 18.3 Å². The zero-order chi connectivity index (χ0) is 21.0. The van der Waals surface area contributed by atoms with Crippen LogP contribution in [0.4, 0.5) is 13.2 Å². The van der Waals surface area contributed by atoms with E-state index in [1.165, 1.54) is 19.2 Å². The van der Waals surface area contributed by atoms with Crippen LogP contribution in [0.5, 0.6) is 11.5 Å². The first-order valence-electron chi connectivity index (χ1n) is 8.63. The molecular weight excluding hydrogens is 385 g/mol. The summed E-state index contributed by atoms with van der Waals surface area (Å²) in [5.41, 5.74) is 7.41. The monoisotopic (exact) mass is 402 g/mol. The van der Waals surface area contributed by atoms with Crippen LogP contribution in [0.25, 0.3) is 11.4 Å². The minimum absolute atomic E-state index is 0.144. The SMILES string of the molecule is Cc1c(Oc2cc(C#N)ccc2-c2ncc(CCN)cn2)cnn1CC(F)(F)F. The number of hydrogen-bond acceptors (Lipinski definition) is 6. The summed E-state index contributed by atoms with van der Waals surface area (Å²) in [5.74, 6) is 0.737. The molecule has 0 bridgehead atoms. The number of rotatable bonds is 6. The summed E-state index contributed by atoms with van der Waals surface area (Å²) in [6.45, 7) is 0.716. The van der Waals surface area contributed by atoms with Gasteiger partial charge in [0, 0.05) is 12.4 Å². The first-order chi connectivity index (χ1) is 13.8. The number of aromatic nitrogens is 4. The average molecular weight is 402 g/mol. The molecule has 0 atom stereocenters. The Morgan fingerprint density at radius 3 is 2.52 bits per heavy atom. The molecule has 150 valence electrons. The molecular formula is C19H17F3N6O. The van der Waals surface area contributed by atoms with Gasteiger partial charge in [-0.1, -0.05) is 0 Å². The van der Waals surface area contributed by atoms with Gasteiger partial charge in [-0.15, -0.1) is 0 Å². The van der Waals surface area contributed by atoms with Gasteiger partial charge < -0.3 is 10.5 Å². The largest absolute Gasteiger partial charge is 0.453 e. The van der Waals surface area contributed by atoms with E-state index in [9.17, 15) is 18.4 Å². The first kappa shape index (κ1) is 20.3. The molecule has 0 fully saturated rings. The molecule has 3 rings (SSSR count). The number of nitrogens with two attached hydrogens (primary N) is 1. The third-order valence-electron chi connectivity index (χ3n) is 4.10. The summed E-state index contributed by atoms with van der Waals surface area (Å²) in [4.78, 5) is 8.60. The lowest BCUT2D eigenvalue weighted by atomic mass is 10.1. The van der Waals surface area contributed by atoms with Crippen LogP contribution < -0.4 is 10.5 Å². The van der Waals surface area contributed by atoms with Gasteiger partial charge in [0.05, 0.1) is 29.1 Å². The molecule has 29 heavy (non-hydrogen) atoms. The Labute approximate surface area is 164 Å². The molecule has 0 radical (unpaired) electrons. The lowest BCUT2D eigenvalue weighted by Crippen LogP contribution is -2.19. The van der Waals surface area contributed by atoms with Crippen molar-refractivity contribution in [3.8, 4) is 29.0 Å². The van der Waals surface area contributed by atoms with E-state index in [2.05, 4.69) is 15.1 Å². The van der Waals surface area contributed by atoms with Gasteiger partial charge >= 0.3 is 6.18 Å². The summed E-state index contributed by atoms with van der Waals surface area (Å²) in [6, 6.07) is 6.69. The van der Waals surface area contributed by atoms with E-state index in [4.69, 9.17) is 10.5 Å². The first-order valence-corrected chi connectivity index (χ1v) is 8.63. The van der Waals surface area contributed by atoms with Crippen LogP contribution in [0.15, 0.2) is 36.8 Å². The highest BCUT2D eigenvalue weighted by Gasteiger charge is 2.29. The van der Waals surface area contributed by atoms with Crippen LogP contribution in [0.3, 0.4) is 0 Å². The van der Waals surface area contributed by atoms with Crippen molar-refractivity contribution in [1.29, 1.82) is 5.26 Å². The Hall–Kier alpha value is -3.45. The Morgan fingerprint density at radius 1 is 1.17 bits per heavy atom. The number of benzene rings is 1. The quantitative estimate of drug-likeness (QED) is 0.678. The Kier molecular flexibility index (Phi) is 5.79. The molecule has 3 aromatic rings. The van der Waals surface area contributed by atoms with Crippen LogP contribution in [-0.2, 0) is 13.0 Å². The minimum atomic E-state index is -4.40. The summed E-state index contributed by atoms with van der Waals surface area (Å²) < 4.78 is 44.6. The molecule has 0 unspecified atom stereocenters. The van der Waals surface area contributed by atoms with Gasteiger partial charge in [0.1, 0.15) is 12.3 Å². The maximum Gasteiger partial charge on any atom is 0.408 e. The maximum absolute atomic E-state index is 12.7. The van der Waals surface area contributed by atoms with E-state index in [1.807, 2.05) is 6.07 Å². The van der Waals surface area contributed by atoms with Gasteiger partial charge in [0.25, 0.3) is 0 Å². The number of halogens is 3. The second-order valence-corrected chi connectivity index (χ2v) is 6.25. The summed E-state index contributed by atoms with van der Waals surface area (Å²) in [6.07, 6.45) is 0.719. The Balaban J connectivity index is 1.96. The van der Waals surface area contributed by atoms with E-state index >= 15 is 0 Å². The third-order valence-corrected chi connectivity index (χ3v) is 4.10. The smallest absolute Gasteiger partial charge is 0.408 e. The standard InChI is InChI=1S/C19H17F3N6O/c1-12-17(10-27-28(12)11-19(20,21)22)29-16-6-13(7-24)2-3-15(16)18-25-8-14(4-5-23)9-26-18/h2-3,6,8-10H,4-5,11,23H2,1H3. The van der Waals surface area contributed by atoms with Crippen molar-refractivity contribution in [2.45, 2.75) is 26.1 Å². The van der Waals surface area contributed by atoms with Crippen LogP contribution in [0.2, 0.25) is 0 Å². The van der Waals surface area contributed by atoms with Crippen LogP contribution in [-0.4, -0.2) is 32.5 Å². The normalized spacial score (nSPS) is 11.3. The zero-order valence-corrected chi connectivity index (χ0v) is 15.4. The lowest BCUT2D eigenvalue weighted by Gasteiger charge is -2.12. The van der Waals surface area contributed by atoms with Crippen molar-refractivity contribution in [3.05, 3.63) is 53.6 Å². The highest BCUT2D eigenvalue weighted by atomic mass is 19.4. The fourth-order valence-corrected chi connectivity index (χ4v) is 2.63. The topological polar surface area (TPSA) is 103 Å². The van der Waals surface area contributed by atoms with E-state index in [-0.39, 0.29) is 17.2 Å². The van der Waals surface area contributed by atoms with E-state index in [1.54, 1.807) is 24.5 Å². The molecule has 0 saturated carbocycles. The average Bonchev–Trinajstić information content (AvgIpc) is 3.01. The third kappa shape index (κ3) is 4.89. The molecule has 0 amide bonds. The summed E-state index contributed by atoms with van der Waals surface area (Å²) >= 11 is 0. The second kappa shape index (κ2) is 8.28. The molecule has 1 aromatic carbocycles. The van der Waals surface area contributed by atoms with Gasteiger partial charge in [0.2, 0.25) is 0 Å². The van der Waals surface area contributed by atoms with Crippen molar-refractivity contribution in [2.24, 2.45) is 5.73 Å². The van der Waals surface area contributed by atoms with Crippen molar-refractivity contribution in [1.82, 2.24) is 19.7 Å². The number of nitrogens with zero attached hydrogens (tertiary/aromatic N) is 5. The van der Waals surface area contributed by atoms with E-state index in [0.29, 0.717) is 29.9 Å². The van der Waals surface area contributed by atoms with E-state index < -0.39 is 12.7 Å². The molecule has 0 saturated heterocycles. The van der Waals surface area contributed by atoms with Crippen molar-refractivity contribution < 1.29 is 17.9 Å². The van der Waals surface area contributed by atoms with Crippen LogP contribution >= 0.6 is 0 Å².